The highest BCUT2D eigenvalue weighted by Gasteiger charge is 2.13. The Bertz CT molecular complexity index is 1270. The fourth-order valence-corrected chi connectivity index (χ4v) is 4.40. The molecule has 0 saturated heterocycles. The number of ether oxygens (including phenoxy) is 2. The summed E-state index contributed by atoms with van der Waals surface area (Å²) in [5, 5.41) is 12.8. The van der Waals surface area contributed by atoms with Gasteiger partial charge in [0.15, 0.2) is 11.5 Å². The average Bonchev–Trinajstić information content (AvgIpc) is 2.79. The third-order valence-electron chi connectivity index (χ3n) is 4.44. The molecule has 0 bridgehead atoms. The minimum Gasteiger partial charge on any atom is -0.493 e. The van der Waals surface area contributed by atoms with E-state index in [1.807, 2.05) is 24.3 Å². The molecule has 0 aliphatic heterocycles. The molecule has 0 heterocycles. The number of nitrogens with zero attached hydrogens (tertiary/aromatic N) is 1. The van der Waals surface area contributed by atoms with E-state index in [9.17, 15) is 10.1 Å². The standard InChI is InChI=1S/C24H16Br2Cl2N2O3/c1-32-23-9-14(2-7-22(23)33-13-15-3-4-17(25)10-19(15)26)8-16(12-29)24(31)30-21-6-5-18(27)11-20(21)28/h2-11H,13H2,1H3,(H,30,31)/b16-8-. The molecule has 0 atom stereocenters. The number of carbonyl (C=O) groups excluding carboxylic acids is 1. The van der Waals surface area contributed by atoms with Gasteiger partial charge in [-0.2, -0.15) is 5.26 Å². The van der Waals surface area contributed by atoms with E-state index in [-0.39, 0.29) is 10.6 Å². The zero-order valence-electron chi connectivity index (χ0n) is 17.2. The summed E-state index contributed by atoms with van der Waals surface area (Å²) >= 11 is 18.9. The van der Waals surface area contributed by atoms with Crippen LogP contribution in [0.25, 0.3) is 6.08 Å². The number of carbonyl (C=O) groups is 1. The van der Waals surface area contributed by atoms with Gasteiger partial charge in [0.05, 0.1) is 17.8 Å². The molecular weight excluding hydrogens is 595 g/mol. The minimum atomic E-state index is -0.596. The van der Waals surface area contributed by atoms with Gasteiger partial charge < -0.3 is 14.8 Å². The van der Waals surface area contributed by atoms with Crippen molar-refractivity contribution in [1.29, 1.82) is 5.26 Å². The van der Waals surface area contributed by atoms with E-state index in [2.05, 4.69) is 37.2 Å². The highest BCUT2D eigenvalue weighted by molar-refractivity contribution is 9.11. The number of amides is 1. The fourth-order valence-electron chi connectivity index (χ4n) is 2.78. The second-order valence-electron chi connectivity index (χ2n) is 6.68. The fraction of sp³-hybridized carbons (Fsp3) is 0.0833. The molecule has 0 aliphatic carbocycles. The molecule has 9 heteroatoms. The number of benzene rings is 3. The second-order valence-corrected chi connectivity index (χ2v) is 9.30. The van der Waals surface area contributed by atoms with Crippen LogP contribution in [0.4, 0.5) is 5.69 Å². The van der Waals surface area contributed by atoms with Gasteiger partial charge in [0.25, 0.3) is 5.91 Å². The predicted molar refractivity (Wildman–Crippen MR) is 138 cm³/mol. The quantitative estimate of drug-likeness (QED) is 0.220. The van der Waals surface area contributed by atoms with Crippen LogP contribution in [0.5, 0.6) is 11.5 Å². The maximum Gasteiger partial charge on any atom is 0.266 e. The lowest BCUT2D eigenvalue weighted by Gasteiger charge is -2.13. The number of rotatable bonds is 7. The number of nitrogens with one attached hydrogen (secondary N) is 1. The van der Waals surface area contributed by atoms with Gasteiger partial charge in [-0.1, -0.05) is 67.2 Å². The molecule has 0 fully saturated rings. The van der Waals surface area contributed by atoms with E-state index in [1.54, 1.807) is 30.3 Å². The van der Waals surface area contributed by atoms with Gasteiger partial charge >= 0.3 is 0 Å². The third kappa shape index (κ3) is 6.75. The normalized spacial score (nSPS) is 11.0. The molecule has 0 aliphatic rings. The van der Waals surface area contributed by atoms with Gasteiger partial charge in [0.1, 0.15) is 18.2 Å². The number of methoxy groups -OCH3 is 1. The van der Waals surface area contributed by atoms with Gasteiger partial charge in [-0.05, 0) is 54.1 Å². The smallest absolute Gasteiger partial charge is 0.266 e. The highest BCUT2D eigenvalue weighted by Crippen LogP contribution is 2.31. The Morgan fingerprint density at radius 3 is 2.55 bits per heavy atom. The number of hydrogen-bond acceptors (Lipinski definition) is 4. The molecular formula is C24H16Br2Cl2N2O3. The number of hydrogen-bond donors (Lipinski definition) is 1. The Labute approximate surface area is 218 Å². The minimum absolute atomic E-state index is 0.101. The first-order chi connectivity index (χ1) is 15.8. The van der Waals surface area contributed by atoms with Crippen LogP contribution in [-0.4, -0.2) is 13.0 Å². The van der Waals surface area contributed by atoms with Gasteiger partial charge in [-0.15, -0.1) is 0 Å². The summed E-state index contributed by atoms with van der Waals surface area (Å²) in [4.78, 5) is 12.6. The number of anilines is 1. The van der Waals surface area contributed by atoms with Crippen LogP contribution in [0, 0.1) is 11.3 Å². The van der Waals surface area contributed by atoms with E-state index in [1.165, 1.54) is 19.3 Å². The first-order valence-electron chi connectivity index (χ1n) is 9.43. The van der Waals surface area contributed by atoms with Crippen molar-refractivity contribution in [1.82, 2.24) is 0 Å². The molecule has 33 heavy (non-hydrogen) atoms. The van der Waals surface area contributed by atoms with Crippen LogP contribution in [0.1, 0.15) is 11.1 Å². The van der Waals surface area contributed by atoms with Gasteiger partial charge in [0, 0.05) is 19.5 Å². The zero-order valence-corrected chi connectivity index (χ0v) is 21.8. The highest BCUT2D eigenvalue weighted by atomic mass is 79.9. The van der Waals surface area contributed by atoms with E-state index >= 15 is 0 Å². The van der Waals surface area contributed by atoms with Crippen molar-refractivity contribution in [2.24, 2.45) is 0 Å². The first-order valence-corrected chi connectivity index (χ1v) is 11.8. The summed E-state index contributed by atoms with van der Waals surface area (Å²) in [5.74, 6) is 0.400. The molecule has 0 aromatic heterocycles. The van der Waals surface area contributed by atoms with E-state index < -0.39 is 5.91 Å². The van der Waals surface area contributed by atoms with Crippen molar-refractivity contribution in [2.45, 2.75) is 6.61 Å². The molecule has 0 radical (unpaired) electrons. The van der Waals surface area contributed by atoms with Crippen molar-refractivity contribution in [3.8, 4) is 17.6 Å². The maximum absolute atomic E-state index is 12.6. The molecule has 5 nitrogen and oxygen atoms in total. The SMILES string of the molecule is COc1cc(/C=C(/C#N)C(=O)Nc2ccc(Cl)cc2Cl)ccc1OCc1ccc(Br)cc1Br. The topological polar surface area (TPSA) is 71.3 Å². The predicted octanol–water partition coefficient (Wildman–Crippen LogP) is 7.65. The van der Waals surface area contributed by atoms with Gasteiger partial charge in [0.2, 0.25) is 0 Å². The summed E-state index contributed by atoms with van der Waals surface area (Å²) in [6.45, 7) is 0.327. The Balaban J connectivity index is 1.77. The largest absolute Gasteiger partial charge is 0.493 e. The maximum atomic E-state index is 12.6. The van der Waals surface area contributed by atoms with Crippen LogP contribution in [-0.2, 0) is 11.4 Å². The summed E-state index contributed by atoms with van der Waals surface area (Å²) in [6, 6.07) is 17.5. The average molecular weight is 611 g/mol. The van der Waals surface area contributed by atoms with Crippen LogP contribution in [0.15, 0.2) is 69.1 Å². The number of nitriles is 1. The Morgan fingerprint density at radius 1 is 1.09 bits per heavy atom. The molecule has 3 rings (SSSR count). The second kappa shape index (κ2) is 11.6. The Morgan fingerprint density at radius 2 is 1.88 bits per heavy atom. The first kappa shape index (κ1) is 25.1. The van der Waals surface area contributed by atoms with Crippen molar-refractivity contribution < 1.29 is 14.3 Å². The summed E-state index contributed by atoms with van der Waals surface area (Å²) in [6.07, 6.45) is 1.46. The zero-order chi connectivity index (χ0) is 24.0. The van der Waals surface area contributed by atoms with Crippen LogP contribution in [0.3, 0.4) is 0 Å². The number of halogens is 4. The lowest BCUT2D eigenvalue weighted by molar-refractivity contribution is -0.112. The van der Waals surface area contributed by atoms with Gasteiger partial charge in [-0.3, -0.25) is 4.79 Å². The Kier molecular flexibility index (Phi) is 8.81. The van der Waals surface area contributed by atoms with Crippen molar-refractivity contribution in [3.05, 3.63) is 90.3 Å². The molecule has 1 N–H and O–H groups in total. The molecule has 1 amide bonds. The van der Waals surface area contributed by atoms with Crippen LogP contribution >= 0.6 is 55.1 Å². The van der Waals surface area contributed by atoms with Gasteiger partial charge in [-0.25, -0.2) is 0 Å². The molecule has 0 saturated carbocycles. The molecule has 0 spiro atoms. The van der Waals surface area contributed by atoms with E-state index in [0.717, 1.165) is 14.5 Å². The molecule has 0 unspecified atom stereocenters. The monoisotopic (exact) mass is 608 g/mol. The van der Waals surface area contributed by atoms with Crippen molar-refractivity contribution >= 4 is 72.7 Å². The Hall–Kier alpha value is -2.50. The summed E-state index contributed by atoms with van der Waals surface area (Å²) in [7, 11) is 1.52. The lowest BCUT2D eigenvalue weighted by Crippen LogP contribution is -2.13. The third-order valence-corrected chi connectivity index (χ3v) is 6.22. The molecule has 168 valence electrons. The lowest BCUT2D eigenvalue weighted by atomic mass is 10.1. The summed E-state index contributed by atoms with van der Waals surface area (Å²) < 4.78 is 13.2. The summed E-state index contributed by atoms with van der Waals surface area (Å²) in [5.41, 5.74) is 1.81. The molecule has 3 aromatic rings. The van der Waals surface area contributed by atoms with Crippen molar-refractivity contribution in [2.75, 3.05) is 12.4 Å². The van der Waals surface area contributed by atoms with Crippen LogP contribution < -0.4 is 14.8 Å². The van der Waals surface area contributed by atoms with E-state index in [0.29, 0.717) is 34.4 Å². The van der Waals surface area contributed by atoms with Crippen LogP contribution in [0.2, 0.25) is 10.0 Å². The van der Waals surface area contributed by atoms with Crippen molar-refractivity contribution in [3.63, 3.8) is 0 Å². The van der Waals surface area contributed by atoms with E-state index in [4.69, 9.17) is 32.7 Å². The molecule has 3 aromatic carbocycles.